The van der Waals surface area contributed by atoms with Crippen molar-refractivity contribution < 1.29 is 14.0 Å². The molecule has 2 amide bonds. The highest BCUT2D eigenvalue weighted by Gasteiger charge is 2.19. The number of rotatable bonds is 5. The van der Waals surface area contributed by atoms with Gasteiger partial charge in [-0.3, -0.25) is 9.59 Å². The van der Waals surface area contributed by atoms with Gasteiger partial charge in [-0.05, 0) is 55.0 Å². The highest BCUT2D eigenvalue weighted by atomic mass is 19.1. The first-order chi connectivity index (χ1) is 13.5. The minimum Gasteiger partial charge on any atom is -0.335 e. The molecule has 0 unspecified atom stereocenters. The molecule has 0 spiro atoms. The summed E-state index contributed by atoms with van der Waals surface area (Å²) in [5.41, 5.74) is 2.37. The van der Waals surface area contributed by atoms with Crippen LogP contribution in [0.2, 0.25) is 0 Å². The van der Waals surface area contributed by atoms with Gasteiger partial charge in [0, 0.05) is 23.9 Å². The lowest BCUT2D eigenvalue weighted by molar-refractivity contribution is 0.0742. The molecule has 5 heteroatoms. The Hall–Kier alpha value is -3.47. The summed E-state index contributed by atoms with van der Waals surface area (Å²) in [6.45, 7) is 1.88. The van der Waals surface area contributed by atoms with Crippen molar-refractivity contribution in [2.75, 3.05) is 12.4 Å². The molecule has 0 aliphatic rings. The molecule has 0 radical (unpaired) electrons. The molecule has 0 aromatic heterocycles. The molecule has 1 atom stereocenters. The molecular formula is C23H21FN2O2. The lowest BCUT2D eigenvalue weighted by Gasteiger charge is -2.26. The molecule has 1 N–H and O–H groups in total. The first-order valence-electron chi connectivity index (χ1n) is 8.95. The van der Waals surface area contributed by atoms with Crippen molar-refractivity contribution in [2.24, 2.45) is 0 Å². The summed E-state index contributed by atoms with van der Waals surface area (Å²) < 4.78 is 13.4. The number of halogens is 1. The zero-order chi connectivity index (χ0) is 20.1. The maximum Gasteiger partial charge on any atom is 0.255 e. The van der Waals surface area contributed by atoms with E-state index in [0.29, 0.717) is 16.8 Å². The van der Waals surface area contributed by atoms with Crippen LogP contribution in [0, 0.1) is 5.82 Å². The molecule has 0 bridgehead atoms. The van der Waals surface area contributed by atoms with Gasteiger partial charge in [0.25, 0.3) is 11.8 Å². The molecule has 0 fully saturated rings. The summed E-state index contributed by atoms with van der Waals surface area (Å²) in [6.07, 6.45) is 0. The molecule has 0 saturated carbocycles. The van der Waals surface area contributed by atoms with E-state index in [0.717, 1.165) is 5.56 Å². The minimum absolute atomic E-state index is 0.199. The Morgan fingerprint density at radius 3 is 2.29 bits per heavy atom. The molecule has 3 rings (SSSR count). The van der Waals surface area contributed by atoms with E-state index in [-0.39, 0.29) is 17.9 Å². The van der Waals surface area contributed by atoms with Crippen LogP contribution in [-0.2, 0) is 0 Å². The molecule has 0 aliphatic carbocycles. The van der Waals surface area contributed by atoms with E-state index in [1.165, 1.54) is 18.2 Å². The van der Waals surface area contributed by atoms with E-state index in [9.17, 15) is 14.0 Å². The van der Waals surface area contributed by atoms with Crippen LogP contribution in [-0.4, -0.2) is 23.8 Å². The fraction of sp³-hybridized carbons (Fsp3) is 0.130. The van der Waals surface area contributed by atoms with Crippen molar-refractivity contribution in [3.63, 3.8) is 0 Å². The predicted octanol–water partition coefficient (Wildman–Crippen LogP) is 4.91. The third kappa shape index (κ3) is 4.43. The second-order valence-corrected chi connectivity index (χ2v) is 6.55. The Balaban J connectivity index is 1.75. The fourth-order valence-corrected chi connectivity index (χ4v) is 2.89. The Morgan fingerprint density at radius 1 is 0.893 bits per heavy atom. The number of nitrogens with one attached hydrogen (secondary N) is 1. The SMILES string of the molecule is C[C@H](c1cccc(NC(=O)c2ccccc2)c1)N(C)C(=O)c1cccc(F)c1. The lowest BCUT2D eigenvalue weighted by atomic mass is 10.0. The van der Waals surface area contributed by atoms with Crippen LogP contribution in [0.5, 0.6) is 0 Å². The predicted molar refractivity (Wildman–Crippen MR) is 108 cm³/mol. The van der Waals surface area contributed by atoms with Crippen LogP contribution in [0.3, 0.4) is 0 Å². The Kier molecular flexibility index (Phi) is 5.84. The smallest absolute Gasteiger partial charge is 0.255 e. The van der Waals surface area contributed by atoms with E-state index in [4.69, 9.17) is 0 Å². The Labute approximate surface area is 163 Å². The molecule has 142 valence electrons. The average Bonchev–Trinajstić information content (AvgIpc) is 2.73. The molecule has 4 nitrogen and oxygen atoms in total. The molecule has 3 aromatic rings. The molecule has 0 aliphatic heterocycles. The molecule has 3 aromatic carbocycles. The van der Waals surface area contributed by atoms with E-state index in [1.807, 2.05) is 31.2 Å². The third-order valence-corrected chi connectivity index (χ3v) is 4.64. The van der Waals surface area contributed by atoms with Crippen molar-refractivity contribution in [2.45, 2.75) is 13.0 Å². The van der Waals surface area contributed by atoms with Crippen LogP contribution in [0.1, 0.15) is 39.2 Å². The standard InChI is InChI=1S/C23H21FN2O2/c1-16(26(2)23(28)19-11-6-12-20(24)14-19)18-10-7-13-21(15-18)25-22(27)17-8-4-3-5-9-17/h3-16H,1-2H3,(H,25,27)/t16-/m1/s1. The zero-order valence-corrected chi connectivity index (χ0v) is 15.7. The van der Waals surface area contributed by atoms with Gasteiger partial charge in [-0.2, -0.15) is 0 Å². The van der Waals surface area contributed by atoms with Gasteiger partial charge in [0.05, 0.1) is 6.04 Å². The number of carbonyl (C=O) groups excluding carboxylic acids is 2. The van der Waals surface area contributed by atoms with Gasteiger partial charge in [-0.25, -0.2) is 4.39 Å². The minimum atomic E-state index is -0.447. The molecule has 0 saturated heterocycles. The van der Waals surface area contributed by atoms with Crippen LogP contribution < -0.4 is 5.32 Å². The number of anilines is 1. The lowest BCUT2D eigenvalue weighted by Crippen LogP contribution is -2.29. The van der Waals surface area contributed by atoms with Crippen molar-refractivity contribution in [1.29, 1.82) is 0 Å². The van der Waals surface area contributed by atoms with Gasteiger partial charge in [0.1, 0.15) is 5.82 Å². The van der Waals surface area contributed by atoms with Crippen LogP contribution in [0.4, 0.5) is 10.1 Å². The van der Waals surface area contributed by atoms with E-state index in [2.05, 4.69) is 5.32 Å². The largest absolute Gasteiger partial charge is 0.335 e. The highest BCUT2D eigenvalue weighted by molar-refractivity contribution is 6.04. The highest BCUT2D eigenvalue weighted by Crippen LogP contribution is 2.24. The van der Waals surface area contributed by atoms with Crippen LogP contribution >= 0.6 is 0 Å². The number of hydrogen-bond acceptors (Lipinski definition) is 2. The maximum absolute atomic E-state index is 13.4. The van der Waals surface area contributed by atoms with Crippen molar-refractivity contribution in [3.8, 4) is 0 Å². The van der Waals surface area contributed by atoms with Gasteiger partial charge in [-0.1, -0.05) is 36.4 Å². The van der Waals surface area contributed by atoms with Gasteiger partial charge >= 0.3 is 0 Å². The van der Waals surface area contributed by atoms with E-state index < -0.39 is 5.82 Å². The first kappa shape index (κ1) is 19.3. The summed E-state index contributed by atoms with van der Waals surface area (Å²) in [5.74, 6) is -0.919. The summed E-state index contributed by atoms with van der Waals surface area (Å²) in [5, 5.41) is 2.87. The van der Waals surface area contributed by atoms with E-state index >= 15 is 0 Å². The molecule has 0 heterocycles. The van der Waals surface area contributed by atoms with Crippen LogP contribution in [0.15, 0.2) is 78.9 Å². The Morgan fingerprint density at radius 2 is 1.57 bits per heavy atom. The number of nitrogens with zero attached hydrogens (tertiary/aromatic N) is 1. The van der Waals surface area contributed by atoms with Crippen molar-refractivity contribution >= 4 is 17.5 Å². The van der Waals surface area contributed by atoms with Gasteiger partial charge in [-0.15, -0.1) is 0 Å². The second kappa shape index (κ2) is 8.48. The number of benzene rings is 3. The second-order valence-electron chi connectivity index (χ2n) is 6.55. The van der Waals surface area contributed by atoms with Gasteiger partial charge in [0.15, 0.2) is 0 Å². The molecular weight excluding hydrogens is 355 g/mol. The zero-order valence-electron chi connectivity index (χ0n) is 15.7. The topological polar surface area (TPSA) is 49.4 Å². The first-order valence-corrected chi connectivity index (χ1v) is 8.95. The number of amides is 2. The Bertz CT molecular complexity index is 989. The normalized spacial score (nSPS) is 11.5. The summed E-state index contributed by atoms with van der Waals surface area (Å²) >= 11 is 0. The monoisotopic (exact) mass is 376 g/mol. The quantitative estimate of drug-likeness (QED) is 0.688. The van der Waals surface area contributed by atoms with Crippen molar-refractivity contribution in [3.05, 3.63) is 101 Å². The van der Waals surface area contributed by atoms with Crippen molar-refractivity contribution in [1.82, 2.24) is 4.90 Å². The summed E-state index contributed by atoms with van der Waals surface area (Å²) in [4.78, 5) is 26.5. The van der Waals surface area contributed by atoms with Gasteiger partial charge < -0.3 is 10.2 Å². The fourth-order valence-electron chi connectivity index (χ4n) is 2.89. The number of hydrogen-bond donors (Lipinski definition) is 1. The van der Waals surface area contributed by atoms with E-state index in [1.54, 1.807) is 48.3 Å². The summed E-state index contributed by atoms with van der Waals surface area (Å²) in [7, 11) is 1.67. The average molecular weight is 376 g/mol. The number of carbonyl (C=O) groups is 2. The summed E-state index contributed by atoms with van der Waals surface area (Å²) in [6, 6.07) is 21.7. The maximum atomic E-state index is 13.4. The van der Waals surface area contributed by atoms with Crippen LogP contribution in [0.25, 0.3) is 0 Å². The molecule has 28 heavy (non-hydrogen) atoms. The third-order valence-electron chi connectivity index (χ3n) is 4.64. The van der Waals surface area contributed by atoms with Gasteiger partial charge in [0.2, 0.25) is 0 Å².